The van der Waals surface area contributed by atoms with Gasteiger partial charge in [-0.15, -0.1) is 5.10 Å². The van der Waals surface area contributed by atoms with Gasteiger partial charge in [-0.2, -0.15) is 0 Å². The highest BCUT2D eigenvalue weighted by Crippen LogP contribution is 2.60. The number of nitrogens with zero attached hydrogens (tertiary/aromatic N) is 5. The lowest BCUT2D eigenvalue weighted by Gasteiger charge is -2.37. The first-order chi connectivity index (χ1) is 24.0. The quantitative estimate of drug-likeness (QED) is 0.150. The van der Waals surface area contributed by atoms with Crippen LogP contribution in [0.4, 0.5) is 11.4 Å². The summed E-state index contributed by atoms with van der Waals surface area (Å²) in [5, 5.41) is 19.2. The number of aryl methyl sites for hydroxylation is 1. The summed E-state index contributed by atoms with van der Waals surface area (Å²) in [5.74, 6) is 0.308. The van der Waals surface area contributed by atoms with E-state index in [0.29, 0.717) is 51.7 Å². The number of carbonyl (C=O) groups is 3. The fraction of sp³-hybridized carbons (Fsp3) is 0.541. The number of benzene rings is 2. The molecule has 1 spiro atoms. The first-order valence-electron chi connectivity index (χ1n) is 17.7. The lowest BCUT2D eigenvalue weighted by atomic mass is 9.82. The van der Waals surface area contributed by atoms with Gasteiger partial charge >= 0.3 is 5.97 Å². The van der Waals surface area contributed by atoms with Crippen LogP contribution in [0.1, 0.15) is 56.7 Å². The second-order valence-corrected chi connectivity index (χ2v) is 18.9. The summed E-state index contributed by atoms with van der Waals surface area (Å²) in [6.07, 6.45) is 5.42. The van der Waals surface area contributed by atoms with Gasteiger partial charge in [0, 0.05) is 68.9 Å². The minimum absolute atomic E-state index is 0.0000869. The largest absolute Gasteiger partial charge is 0.497 e. The number of hydrogen-bond acceptors (Lipinski definition) is 9. The van der Waals surface area contributed by atoms with Crippen LogP contribution in [0, 0.1) is 5.92 Å². The van der Waals surface area contributed by atoms with Crippen molar-refractivity contribution in [3.8, 4) is 5.75 Å². The van der Waals surface area contributed by atoms with Crippen LogP contribution in [0.2, 0.25) is 18.6 Å². The minimum atomic E-state index is -2.36. The average molecular weight is 704 g/mol. The maximum absolute atomic E-state index is 15.0. The first kappa shape index (κ1) is 35.7. The number of unbranched alkanes of at least 4 members (excludes halogenated alkanes) is 1. The molecular formula is C37H49N5O7Si. The van der Waals surface area contributed by atoms with E-state index in [0.717, 1.165) is 34.8 Å². The van der Waals surface area contributed by atoms with Crippen molar-refractivity contribution in [2.24, 2.45) is 5.92 Å². The number of aliphatic hydroxyl groups is 1. The molecule has 2 amide bonds. The van der Waals surface area contributed by atoms with Crippen molar-refractivity contribution < 1.29 is 33.7 Å². The van der Waals surface area contributed by atoms with E-state index in [1.54, 1.807) is 11.8 Å². The third-order valence-corrected chi connectivity index (χ3v) is 15.4. The molecule has 2 fully saturated rings. The number of carbonyl (C=O) groups excluding carboxylic acids is 3. The maximum atomic E-state index is 15.0. The predicted octanol–water partition coefficient (Wildman–Crippen LogP) is 3.94. The van der Waals surface area contributed by atoms with Crippen LogP contribution < -0.4 is 19.7 Å². The van der Waals surface area contributed by atoms with E-state index in [1.165, 1.54) is 12.3 Å². The first-order valence-corrected chi connectivity index (χ1v) is 20.8. The van der Waals surface area contributed by atoms with Gasteiger partial charge in [-0.05, 0) is 61.6 Å². The second kappa shape index (κ2) is 14.6. The third kappa shape index (κ3) is 6.46. The van der Waals surface area contributed by atoms with Crippen LogP contribution in [-0.4, -0.2) is 86.0 Å². The summed E-state index contributed by atoms with van der Waals surface area (Å²) >= 11 is 0. The van der Waals surface area contributed by atoms with Crippen LogP contribution in [0.3, 0.4) is 0 Å². The molecule has 2 aromatic carbocycles. The van der Waals surface area contributed by atoms with Crippen molar-refractivity contribution >= 4 is 42.4 Å². The zero-order chi connectivity index (χ0) is 35.6. The van der Waals surface area contributed by atoms with E-state index in [9.17, 15) is 14.7 Å². The van der Waals surface area contributed by atoms with Gasteiger partial charge in [-0.3, -0.25) is 19.1 Å². The Hall–Kier alpha value is -4.07. The Labute approximate surface area is 294 Å². The van der Waals surface area contributed by atoms with Gasteiger partial charge < -0.3 is 29.1 Å². The standard InChI is InChI=1S/C37H49N5O7Si/c1-25-35(50(4,5)29-14-12-28(47-2)13-15-29)32(17-21-40-24-26(18-22-43)38-39-40)49-37(25)30-23-27(41-20-8-9-33(41)44)11-16-31(30)42(36(37)46)19-7-6-10-34(45)48-3/h11-16,23-25,32,35,43H,6-10,17-22H2,1-5H3/t25-,32+,35-,37+/m0/s1. The highest BCUT2D eigenvalue weighted by Gasteiger charge is 2.66. The SMILES string of the molecule is COC(=O)CCCCN1C(=O)[C@]2(O[C@H](CCn3cc(CCO)nn3)[C@@H]([Si](C)(C)c3ccc(OC)cc3)[C@@H]2C)c2cc(N3CCCC3=O)ccc21. The van der Waals surface area contributed by atoms with Gasteiger partial charge in [-0.25, -0.2) is 0 Å². The fourth-order valence-electron chi connectivity index (χ4n) is 8.46. The molecule has 13 heteroatoms. The van der Waals surface area contributed by atoms with Crippen LogP contribution in [0.5, 0.6) is 5.75 Å². The molecule has 4 heterocycles. The van der Waals surface area contributed by atoms with Crippen molar-refractivity contribution in [3.63, 3.8) is 0 Å². The minimum Gasteiger partial charge on any atom is -0.497 e. The molecule has 3 aromatic rings. The number of hydrogen-bond donors (Lipinski definition) is 1. The highest BCUT2D eigenvalue weighted by molar-refractivity contribution is 6.91. The third-order valence-electron chi connectivity index (χ3n) is 11.0. The number of fused-ring (bicyclic) bond motifs is 2. The van der Waals surface area contributed by atoms with Crippen molar-refractivity contribution in [1.29, 1.82) is 0 Å². The summed E-state index contributed by atoms with van der Waals surface area (Å²) < 4.78 is 19.4. The Balaban J connectivity index is 1.41. The summed E-state index contributed by atoms with van der Waals surface area (Å²) in [7, 11) is 0.681. The Morgan fingerprint density at radius 1 is 1.10 bits per heavy atom. The summed E-state index contributed by atoms with van der Waals surface area (Å²) in [4.78, 5) is 43.4. The molecule has 12 nitrogen and oxygen atoms in total. The number of methoxy groups -OCH3 is 2. The molecular weight excluding hydrogens is 655 g/mol. The van der Waals surface area contributed by atoms with Gasteiger partial charge in [0.05, 0.1) is 39.8 Å². The topological polar surface area (TPSA) is 136 Å². The van der Waals surface area contributed by atoms with Crippen molar-refractivity contribution in [2.75, 3.05) is 43.7 Å². The molecule has 3 aliphatic heterocycles. The molecule has 0 saturated carbocycles. The molecule has 6 rings (SSSR count). The lowest BCUT2D eigenvalue weighted by Crippen LogP contribution is -2.52. The molecule has 2 saturated heterocycles. The van der Waals surface area contributed by atoms with Gasteiger partial charge in [0.1, 0.15) is 5.75 Å². The van der Waals surface area contributed by atoms with Crippen molar-refractivity contribution in [3.05, 3.63) is 59.9 Å². The van der Waals surface area contributed by atoms with E-state index in [1.807, 2.05) is 46.3 Å². The molecule has 0 unspecified atom stereocenters. The predicted molar refractivity (Wildman–Crippen MR) is 191 cm³/mol. The van der Waals surface area contributed by atoms with Gasteiger partial charge in [0.15, 0.2) is 5.60 Å². The smallest absolute Gasteiger partial charge is 0.305 e. The summed E-state index contributed by atoms with van der Waals surface area (Å²) in [5.41, 5.74) is 1.88. The molecule has 1 N–H and O–H groups in total. The lowest BCUT2D eigenvalue weighted by molar-refractivity contribution is -0.146. The van der Waals surface area contributed by atoms with Crippen LogP contribution in [-0.2, 0) is 42.4 Å². The van der Waals surface area contributed by atoms with E-state index >= 15 is 4.79 Å². The number of aromatic nitrogens is 3. The van der Waals surface area contributed by atoms with Crippen LogP contribution in [0.25, 0.3) is 0 Å². The highest BCUT2D eigenvalue weighted by atomic mass is 28.3. The van der Waals surface area contributed by atoms with E-state index in [4.69, 9.17) is 14.2 Å². The number of ether oxygens (including phenoxy) is 3. The van der Waals surface area contributed by atoms with E-state index in [-0.39, 0.29) is 48.4 Å². The number of esters is 1. The molecule has 0 radical (unpaired) electrons. The molecule has 0 aliphatic carbocycles. The number of anilines is 2. The number of aliphatic hydroxyl groups excluding tert-OH is 1. The molecule has 0 bridgehead atoms. The Morgan fingerprint density at radius 3 is 2.56 bits per heavy atom. The molecule has 50 heavy (non-hydrogen) atoms. The Morgan fingerprint density at radius 2 is 1.88 bits per heavy atom. The molecule has 4 atom stereocenters. The second-order valence-electron chi connectivity index (χ2n) is 14.2. The van der Waals surface area contributed by atoms with E-state index < -0.39 is 13.7 Å². The summed E-state index contributed by atoms with van der Waals surface area (Å²) in [6.45, 7) is 8.48. The van der Waals surface area contributed by atoms with Gasteiger partial charge in [-0.1, -0.05) is 42.6 Å². The normalized spacial score (nSPS) is 23.3. The van der Waals surface area contributed by atoms with Crippen LogP contribution >= 0.6 is 0 Å². The Kier molecular flexibility index (Phi) is 10.5. The molecule has 268 valence electrons. The van der Waals surface area contributed by atoms with Crippen molar-refractivity contribution in [2.45, 2.75) is 88.8 Å². The van der Waals surface area contributed by atoms with Crippen molar-refractivity contribution in [1.82, 2.24) is 15.0 Å². The number of rotatable bonds is 14. The fourth-order valence-corrected chi connectivity index (χ4v) is 12.5. The zero-order valence-corrected chi connectivity index (χ0v) is 30.8. The van der Waals surface area contributed by atoms with Gasteiger partial charge in [0.25, 0.3) is 5.91 Å². The molecule has 1 aromatic heterocycles. The number of amides is 2. The molecule has 3 aliphatic rings. The zero-order valence-electron chi connectivity index (χ0n) is 29.8. The maximum Gasteiger partial charge on any atom is 0.305 e. The summed E-state index contributed by atoms with van der Waals surface area (Å²) in [6, 6.07) is 14.2. The monoisotopic (exact) mass is 703 g/mol. The Bertz CT molecular complexity index is 1710. The van der Waals surface area contributed by atoms with Crippen LogP contribution in [0.15, 0.2) is 48.7 Å². The average Bonchev–Trinajstić information content (AvgIpc) is 3.88. The van der Waals surface area contributed by atoms with Gasteiger partial charge in [0.2, 0.25) is 5.91 Å². The van der Waals surface area contributed by atoms with E-state index in [2.05, 4.69) is 42.5 Å².